The highest BCUT2D eigenvalue weighted by Crippen LogP contribution is 2.42. The van der Waals surface area contributed by atoms with Gasteiger partial charge in [0.25, 0.3) is 5.56 Å². The molecule has 0 spiro atoms. The van der Waals surface area contributed by atoms with Crippen molar-refractivity contribution in [3.63, 3.8) is 0 Å². The quantitative estimate of drug-likeness (QED) is 0.577. The zero-order chi connectivity index (χ0) is 21.5. The van der Waals surface area contributed by atoms with E-state index in [-0.39, 0.29) is 11.0 Å². The highest BCUT2D eigenvalue weighted by molar-refractivity contribution is 7.18. The van der Waals surface area contributed by atoms with E-state index < -0.39 is 0 Å². The van der Waals surface area contributed by atoms with Crippen molar-refractivity contribution in [2.75, 3.05) is 13.7 Å². The van der Waals surface area contributed by atoms with Crippen LogP contribution in [0.2, 0.25) is 0 Å². The smallest absolute Gasteiger partial charge is 0.260 e. The molecule has 5 nitrogen and oxygen atoms in total. The maximum Gasteiger partial charge on any atom is 0.260 e. The maximum absolute atomic E-state index is 13.0. The summed E-state index contributed by atoms with van der Waals surface area (Å²) in [7, 11) is 1.62. The zero-order valence-corrected chi connectivity index (χ0v) is 19.2. The number of aromatic amines is 1. The Morgan fingerprint density at radius 1 is 1.27 bits per heavy atom. The molecule has 0 saturated heterocycles. The van der Waals surface area contributed by atoms with Gasteiger partial charge in [0.15, 0.2) is 11.5 Å². The summed E-state index contributed by atoms with van der Waals surface area (Å²) in [5.41, 5.74) is 2.24. The van der Waals surface area contributed by atoms with E-state index in [4.69, 9.17) is 14.5 Å². The Morgan fingerprint density at radius 2 is 2.07 bits per heavy atom. The lowest BCUT2D eigenvalue weighted by molar-refractivity contribution is 0.218. The highest BCUT2D eigenvalue weighted by Gasteiger charge is 2.31. The maximum atomic E-state index is 13.0. The number of H-pyrrole nitrogens is 1. The molecule has 3 aromatic rings. The molecule has 1 atom stereocenters. The topological polar surface area (TPSA) is 64.2 Å². The predicted molar refractivity (Wildman–Crippen MR) is 123 cm³/mol. The van der Waals surface area contributed by atoms with E-state index in [2.05, 4.69) is 32.7 Å². The first-order valence-corrected chi connectivity index (χ1v) is 11.5. The van der Waals surface area contributed by atoms with Gasteiger partial charge in [-0.25, -0.2) is 4.98 Å². The summed E-state index contributed by atoms with van der Waals surface area (Å²) in [4.78, 5) is 23.0. The van der Waals surface area contributed by atoms with Crippen LogP contribution in [-0.2, 0) is 12.8 Å². The van der Waals surface area contributed by atoms with Crippen LogP contribution in [0, 0.1) is 11.3 Å². The lowest BCUT2D eigenvalue weighted by atomic mass is 9.72. The van der Waals surface area contributed by atoms with E-state index >= 15 is 0 Å². The van der Waals surface area contributed by atoms with Gasteiger partial charge in [-0.3, -0.25) is 4.79 Å². The van der Waals surface area contributed by atoms with Crippen molar-refractivity contribution in [1.29, 1.82) is 0 Å². The monoisotopic (exact) mass is 426 g/mol. The fourth-order valence-electron chi connectivity index (χ4n) is 4.21. The number of methoxy groups -OCH3 is 1. The molecule has 1 aliphatic rings. The number of hydrogen-bond acceptors (Lipinski definition) is 5. The van der Waals surface area contributed by atoms with Crippen LogP contribution in [0.3, 0.4) is 0 Å². The molecular formula is C24H30N2O3S. The Labute approximate surface area is 181 Å². The third kappa shape index (κ3) is 3.85. The summed E-state index contributed by atoms with van der Waals surface area (Å²) in [6.45, 7) is 9.61. The SMILES string of the molecule is CCCOc1ccc(-c2nc3sc4c(c3c(=O)[nH]2)CCC(C(C)(C)C)C4)cc1OC. The number of nitrogens with one attached hydrogen (secondary N) is 1. The van der Waals surface area contributed by atoms with Crippen LogP contribution < -0.4 is 15.0 Å². The Kier molecular flexibility index (Phi) is 5.62. The van der Waals surface area contributed by atoms with Crippen LogP contribution in [0.1, 0.15) is 51.0 Å². The molecule has 1 unspecified atom stereocenters. The van der Waals surface area contributed by atoms with Crippen LogP contribution in [0.25, 0.3) is 21.6 Å². The lowest BCUT2D eigenvalue weighted by Crippen LogP contribution is -2.26. The van der Waals surface area contributed by atoms with E-state index in [1.807, 2.05) is 18.2 Å². The van der Waals surface area contributed by atoms with Gasteiger partial charge in [-0.05, 0) is 60.8 Å². The summed E-state index contributed by atoms with van der Waals surface area (Å²) in [5, 5.41) is 0.779. The molecule has 2 heterocycles. The summed E-state index contributed by atoms with van der Waals surface area (Å²) >= 11 is 1.68. The molecule has 0 saturated carbocycles. The molecule has 1 aliphatic carbocycles. The van der Waals surface area contributed by atoms with Crippen molar-refractivity contribution in [3.05, 3.63) is 39.0 Å². The molecule has 4 rings (SSSR count). The average Bonchev–Trinajstić information content (AvgIpc) is 3.09. The second-order valence-corrected chi connectivity index (χ2v) is 10.2. The normalized spacial score (nSPS) is 16.5. The van der Waals surface area contributed by atoms with Crippen LogP contribution in [-0.4, -0.2) is 23.7 Å². The van der Waals surface area contributed by atoms with Gasteiger partial charge in [-0.1, -0.05) is 27.7 Å². The Balaban J connectivity index is 1.73. The number of hydrogen-bond donors (Lipinski definition) is 1. The van der Waals surface area contributed by atoms with Gasteiger partial charge in [-0.2, -0.15) is 0 Å². The second-order valence-electron chi connectivity index (χ2n) is 9.12. The first kappa shape index (κ1) is 20.9. The van der Waals surface area contributed by atoms with E-state index in [1.54, 1.807) is 18.4 Å². The molecule has 6 heteroatoms. The minimum absolute atomic E-state index is 0.0491. The summed E-state index contributed by atoms with van der Waals surface area (Å²) in [5.74, 6) is 2.55. The van der Waals surface area contributed by atoms with Crippen molar-refractivity contribution >= 4 is 21.6 Å². The van der Waals surface area contributed by atoms with Gasteiger partial charge < -0.3 is 14.5 Å². The first-order valence-electron chi connectivity index (χ1n) is 10.7. The standard InChI is InChI=1S/C24H30N2O3S/c1-6-11-29-17-10-7-14(12-18(17)28-5)21-25-22(27)20-16-9-8-15(24(2,3)4)13-19(16)30-23(20)26-21/h7,10,12,15H,6,8-9,11,13H2,1-5H3,(H,25,26,27). The summed E-state index contributed by atoms with van der Waals surface area (Å²) in [6, 6.07) is 5.67. The molecular weight excluding hydrogens is 396 g/mol. The minimum Gasteiger partial charge on any atom is -0.493 e. The first-order chi connectivity index (χ1) is 14.3. The van der Waals surface area contributed by atoms with Crippen LogP contribution in [0.5, 0.6) is 11.5 Å². The van der Waals surface area contributed by atoms with Crippen molar-refractivity contribution < 1.29 is 9.47 Å². The van der Waals surface area contributed by atoms with Crippen LogP contribution in [0.15, 0.2) is 23.0 Å². The van der Waals surface area contributed by atoms with Gasteiger partial charge in [0.05, 0.1) is 19.1 Å². The Bertz CT molecular complexity index is 1120. The molecule has 1 N–H and O–H groups in total. The van der Waals surface area contributed by atoms with Crippen molar-refractivity contribution in [2.45, 2.75) is 53.4 Å². The number of thiophene rings is 1. The number of benzene rings is 1. The Morgan fingerprint density at radius 3 is 2.77 bits per heavy atom. The molecule has 0 radical (unpaired) electrons. The number of fused-ring (bicyclic) bond motifs is 3. The fourth-order valence-corrected chi connectivity index (χ4v) is 5.51. The molecule has 30 heavy (non-hydrogen) atoms. The predicted octanol–water partition coefficient (Wildman–Crippen LogP) is 5.60. The molecule has 0 aliphatic heterocycles. The number of nitrogens with zero attached hydrogens (tertiary/aromatic N) is 1. The molecule has 2 aromatic heterocycles. The highest BCUT2D eigenvalue weighted by atomic mass is 32.1. The Hall–Kier alpha value is -2.34. The lowest BCUT2D eigenvalue weighted by Gasteiger charge is -2.33. The van der Waals surface area contributed by atoms with E-state index in [1.165, 1.54) is 10.4 Å². The molecule has 0 fully saturated rings. The molecule has 160 valence electrons. The molecule has 0 amide bonds. The zero-order valence-electron chi connectivity index (χ0n) is 18.4. The number of aromatic nitrogens is 2. The number of aryl methyl sites for hydroxylation is 1. The van der Waals surface area contributed by atoms with Crippen molar-refractivity contribution in [1.82, 2.24) is 9.97 Å². The van der Waals surface area contributed by atoms with E-state index in [0.29, 0.717) is 29.8 Å². The summed E-state index contributed by atoms with van der Waals surface area (Å²) < 4.78 is 11.2. The third-order valence-electron chi connectivity index (χ3n) is 6.04. The molecule has 1 aromatic carbocycles. The van der Waals surface area contributed by atoms with Crippen molar-refractivity contribution in [2.24, 2.45) is 11.3 Å². The van der Waals surface area contributed by atoms with Crippen LogP contribution in [0.4, 0.5) is 0 Å². The minimum atomic E-state index is -0.0491. The van der Waals surface area contributed by atoms with E-state index in [9.17, 15) is 4.79 Å². The second kappa shape index (κ2) is 8.06. The van der Waals surface area contributed by atoms with Gasteiger partial charge in [0, 0.05) is 10.4 Å². The van der Waals surface area contributed by atoms with E-state index in [0.717, 1.165) is 41.5 Å². The number of rotatable bonds is 5. The van der Waals surface area contributed by atoms with Gasteiger partial charge >= 0.3 is 0 Å². The van der Waals surface area contributed by atoms with Gasteiger partial charge in [0.1, 0.15) is 10.7 Å². The summed E-state index contributed by atoms with van der Waals surface area (Å²) in [6.07, 6.45) is 4.04. The van der Waals surface area contributed by atoms with Crippen LogP contribution >= 0.6 is 11.3 Å². The average molecular weight is 427 g/mol. The third-order valence-corrected chi connectivity index (χ3v) is 7.19. The van der Waals surface area contributed by atoms with Gasteiger partial charge in [-0.15, -0.1) is 11.3 Å². The van der Waals surface area contributed by atoms with Gasteiger partial charge in [0.2, 0.25) is 0 Å². The number of ether oxygens (including phenoxy) is 2. The fraction of sp³-hybridized carbons (Fsp3) is 0.500. The van der Waals surface area contributed by atoms with Crippen molar-refractivity contribution in [3.8, 4) is 22.9 Å². The largest absolute Gasteiger partial charge is 0.493 e. The molecule has 0 bridgehead atoms.